The van der Waals surface area contributed by atoms with Gasteiger partial charge in [-0.2, -0.15) is 10.3 Å². The largest absolute Gasteiger partial charge is 0.465 e. The molecule has 0 bridgehead atoms. The number of esters is 1. The Morgan fingerprint density at radius 3 is 2.66 bits per heavy atom. The minimum atomic E-state index is -0.666. The summed E-state index contributed by atoms with van der Waals surface area (Å²) in [7, 11) is 0. The Kier molecular flexibility index (Phi) is 9.78. The van der Waals surface area contributed by atoms with Crippen molar-refractivity contribution in [2.24, 2.45) is 4.99 Å². The van der Waals surface area contributed by atoms with Gasteiger partial charge in [0, 0.05) is 19.5 Å². The van der Waals surface area contributed by atoms with E-state index >= 15 is 0 Å². The van der Waals surface area contributed by atoms with Gasteiger partial charge in [0.05, 0.1) is 25.0 Å². The fourth-order valence-electron chi connectivity index (χ4n) is 2.88. The van der Waals surface area contributed by atoms with Gasteiger partial charge in [0.25, 0.3) is 0 Å². The molecule has 1 fully saturated rings. The maximum atomic E-state index is 12.4. The van der Waals surface area contributed by atoms with Crippen LogP contribution < -0.4 is 10.6 Å². The van der Waals surface area contributed by atoms with E-state index in [1.165, 1.54) is 0 Å². The maximum Gasteiger partial charge on any atom is 0.408 e. The molecular weight excluding hydrogens is 374 g/mol. The molecule has 1 rings (SSSR count). The molecular formula is C20H33N5O4. The van der Waals surface area contributed by atoms with Crippen LogP contribution in [-0.4, -0.2) is 66.7 Å². The fraction of sp³-hybridized carbons (Fsp3) is 0.700. The topological polar surface area (TPSA) is 116 Å². The molecule has 0 saturated carbocycles. The summed E-state index contributed by atoms with van der Waals surface area (Å²) in [6.07, 6.45) is 3.23. The Morgan fingerprint density at radius 1 is 1.41 bits per heavy atom. The second kappa shape index (κ2) is 11.5. The summed E-state index contributed by atoms with van der Waals surface area (Å²) < 4.78 is 10.5. The quantitative estimate of drug-likeness (QED) is 0.376. The molecule has 1 saturated heterocycles. The van der Waals surface area contributed by atoms with E-state index in [-0.39, 0.29) is 19.1 Å². The highest BCUT2D eigenvalue weighted by Gasteiger charge is 2.37. The van der Waals surface area contributed by atoms with Crippen LogP contribution in [0, 0.1) is 11.5 Å². The van der Waals surface area contributed by atoms with Crippen molar-refractivity contribution < 1.29 is 19.1 Å². The van der Waals surface area contributed by atoms with Crippen molar-refractivity contribution in [3.05, 3.63) is 11.6 Å². The fourth-order valence-corrected chi connectivity index (χ4v) is 2.88. The van der Waals surface area contributed by atoms with Gasteiger partial charge >= 0.3 is 12.1 Å². The molecule has 1 heterocycles. The van der Waals surface area contributed by atoms with Crippen molar-refractivity contribution in [1.29, 1.82) is 5.26 Å². The van der Waals surface area contributed by atoms with Crippen LogP contribution in [-0.2, 0) is 14.3 Å². The van der Waals surface area contributed by atoms with Gasteiger partial charge in [0.1, 0.15) is 11.6 Å². The van der Waals surface area contributed by atoms with Crippen molar-refractivity contribution in [3.8, 4) is 6.19 Å². The van der Waals surface area contributed by atoms with E-state index in [1.807, 2.05) is 24.8 Å². The second-order valence-electron chi connectivity index (χ2n) is 7.99. The third-order valence-electron chi connectivity index (χ3n) is 4.04. The molecule has 0 aromatic carbocycles. The lowest BCUT2D eigenvalue weighted by Gasteiger charge is -2.40. The number of piperidine rings is 1. The summed E-state index contributed by atoms with van der Waals surface area (Å²) in [6, 6.07) is -0.627. The van der Waals surface area contributed by atoms with Crippen molar-refractivity contribution >= 4 is 17.8 Å². The van der Waals surface area contributed by atoms with Gasteiger partial charge in [0.2, 0.25) is 6.19 Å². The molecule has 9 nitrogen and oxygen atoms in total. The van der Waals surface area contributed by atoms with E-state index in [1.54, 1.807) is 33.9 Å². The highest BCUT2D eigenvalue weighted by atomic mass is 16.6. The summed E-state index contributed by atoms with van der Waals surface area (Å²) >= 11 is 0. The van der Waals surface area contributed by atoms with Gasteiger partial charge in [-0.25, -0.2) is 4.79 Å². The minimum absolute atomic E-state index is 0.0294. The Hall–Kier alpha value is -2.44. The average molecular weight is 408 g/mol. The van der Waals surface area contributed by atoms with Crippen LogP contribution in [0.2, 0.25) is 0 Å². The monoisotopic (exact) mass is 407 g/mol. The lowest BCUT2D eigenvalue weighted by atomic mass is 9.99. The number of nitriles is 1. The zero-order chi connectivity index (χ0) is 22.0. The van der Waals surface area contributed by atoms with Crippen LogP contribution in [0.4, 0.5) is 4.79 Å². The number of hydrogen-bond acceptors (Lipinski definition) is 8. The van der Waals surface area contributed by atoms with Gasteiger partial charge in [-0.1, -0.05) is 11.6 Å². The smallest absolute Gasteiger partial charge is 0.408 e. The van der Waals surface area contributed by atoms with E-state index < -0.39 is 23.9 Å². The van der Waals surface area contributed by atoms with Crippen LogP contribution in [0.25, 0.3) is 0 Å². The predicted octanol–water partition coefficient (Wildman–Crippen LogP) is 1.95. The molecule has 1 amide bonds. The number of nitrogens with one attached hydrogen (secondary N) is 2. The third kappa shape index (κ3) is 9.07. The Morgan fingerprint density at radius 2 is 2.10 bits per heavy atom. The van der Waals surface area contributed by atoms with Gasteiger partial charge in [-0.3, -0.25) is 15.0 Å². The summed E-state index contributed by atoms with van der Waals surface area (Å²) in [5, 5.41) is 15.2. The Labute approximate surface area is 173 Å². The number of alkyl carbamates (subject to hydrolysis) is 1. The summed E-state index contributed by atoms with van der Waals surface area (Å²) in [4.78, 5) is 30.3. The van der Waals surface area contributed by atoms with Gasteiger partial charge in [0.15, 0.2) is 0 Å². The first-order valence-corrected chi connectivity index (χ1v) is 9.78. The van der Waals surface area contributed by atoms with Crippen LogP contribution in [0.3, 0.4) is 0 Å². The first-order chi connectivity index (χ1) is 13.6. The highest BCUT2D eigenvalue weighted by molar-refractivity contribution is 5.94. The third-order valence-corrected chi connectivity index (χ3v) is 4.04. The molecule has 9 heteroatoms. The first-order valence-electron chi connectivity index (χ1n) is 9.78. The van der Waals surface area contributed by atoms with Crippen molar-refractivity contribution in [3.63, 3.8) is 0 Å². The van der Waals surface area contributed by atoms with Crippen molar-refractivity contribution in [2.75, 3.05) is 26.2 Å². The number of nitrogens with zero attached hydrogens (tertiary/aromatic N) is 3. The molecule has 1 aliphatic heterocycles. The van der Waals surface area contributed by atoms with Crippen LogP contribution in [0.1, 0.15) is 48.0 Å². The lowest BCUT2D eigenvalue weighted by Crippen LogP contribution is -2.65. The standard InChI is InChI=1S/C20H33N5O4/c1-7-28-16(26)12-25(11-9-14(2)3)18-17(15(23-13-21)8-10-22-18)24-19(27)29-20(4,5)6/h9,17-18,22H,7-8,10-12H2,1-6H3,(H,24,27). The van der Waals surface area contributed by atoms with Gasteiger partial charge in [-0.15, -0.1) is 0 Å². The van der Waals surface area contributed by atoms with Crippen LogP contribution >= 0.6 is 0 Å². The van der Waals surface area contributed by atoms with Crippen molar-refractivity contribution in [2.45, 2.75) is 65.8 Å². The second-order valence-corrected chi connectivity index (χ2v) is 7.99. The first kappa shape index (κ1) is 24.6. The number of rotatable bonds is 7. The number of carbonyl (C=O) groups is 2. The maximum absolute atomic E-state index is 12.4. The van der Waals surface area contributed by atoms with E-state index in [0.717, 1.165) is 5.57 Å². The average Bonchev–Trinajstić information content (AvgIpc) is 2.59. The van der Waals surface area contributed by atoms with Crippen molar-refractivity contribution in [1.82, 2.24) is 15.5 Å². The molecule has 0 aromatic rings. The van der Waals surface area contributed by atoms with E-state index in [9.17, 15) is 9.59 Å². The molecule has 2 atom stereocenters. The molecule has 29 heavy (non-hydrogen) atoms. The van der Waals surface area contributed by atoms with E-state index in [0.29, 0.717) is 25.2 Å². The number of allylic oxidation sites excluding steroid dienone is 1. The molecule has 2 N–H and O–H groups in total. The summed E-state index contributed by atoms with van der Waals surface area (Å²) in [5.74, 6) is -0.364. The molecule has 0 radical (unpaired) electrons. The summed E-state index contributed by atoms with van der Waals surface area (Å²) in [5.41, 5.74) is 0.964. The van der Waals surface area contributed by atoms with Crippen LogP contribution in [0.15, 0.2) is 16.6 Å². The van der Waals surface area contributed by atoms with E-state index in [4.69, 9.17) is 14.7 Å². The predicted molar refractivity (Wildman–Crippen MR) is 110 cm³/mol. The SMILES string of the molecule is CCOC(=O)CN(CC=C(C)C)C1NCCC(=NC#N)C1NC(=O)OC(C)(C)C. The molecule has 1 aliphatic rings. The number of carbonyl (C=O) groups excluding carboxylic acids is 2. The number of amides is 1. The molecule has 162 valence electrons. The van der Waals surface area contributed by atoms with Gasteiger partial charge < -0.3 is 14.8 Å². The van der Waals surface area contributed by atoms with E-state index in [2.05, 4.69) is 15.6 Å². The zero-order valence-electron chi connectivity index (χ0n) is 18.2. The Balaban J connectivity index is 3.16. The minimum Gasteiger partial charge on any atom is -0.465 e. The number of aliphatic imine (C=N–C) groups is 1. The van der Waals surface area contributed by atoms with Crippen LogP contribution in [0.5, 0.6) is 0 Å². The molecule has 2 unspecified atom stereocenters. The normalized spacial score (nSPS) is 20.7. The summed E-state index contributed by atoms with van der Waals surface area (Å²) in [6.45, 7) is 12.3. The highest BCUT2D eigenvalue weighted by Crippen LogP contribution is 2.15. The molecule has 0 aromatic heterocycles. The number of hydrogen-bond donors (Lipinski definition) is 2. The molecule has 0 aliphatic carbocycles. The van der Waals surface area contributed by atoms with Gasteiger partial charge in [-0.05, 0) is 41.5 Å². The molecule has 0 spiro atoms. The Bertz CT molecular complexity index is 671. The number of ether oxygens (including phenoxy) is 2. The lowest BCUT2D eigenvalue weighted by molar-refractivity contribution is -0.145. The zero-order valence-corrected chi connectivity index (χ0v) is 18.2.